The Morgan fingerprint density at radius 3 is 2.00 bits per heavy atom. The zero-order chi connectivity index (χ0) is 11.0. The SMILES string of the molecule is CCCCCCCCC(C)(C)C([O])=O. The average molecular weight is 199 g/mol. The van der Waals surface area contributed by atoms with E-state index in [-0.39, 0.29) is 0 Å². The van der Waals surface area contributed by atoms with E-state index < -0.39 is 11.4 Å². The zero-order valence-corrected chi connectivity index (χ0v) is 9.77. The van der Waals surface area contributed by atoms with Gasteiger partial charge >= 0.3 is 5.97 Å². The number of hydrogen-bond donors (Lipinski definition) is 0. The van der Waals surface area contributed by atoms with Crippen molar-refractivity contribution in [3.8, 4) is 0 Å². The molecule has 0 aliphatic rings. The first kappa shape index (κ1) is 13.5. The van der Waals surface area contributed by atoms with E-state index in [4.69, 9.17) is 0 Å². The van der Waals surface area contributed by atoms with Crippen LogP contribution in [0.25, 0.3) is 0 Å². The summed E-state index contributed by atoms with van der Waals surface area (Å²) in [5.41, 5.74) is -0.648. The minimum absolute atomic E-state index is 0.648. The molecule has 2 nitrogen and oxygen atoms in total. The topological polar surface area (TPSA) is 37.0 Å². The summed E-state index contributed by atoms with van der Waals surface area (Å²) in [5.74, 6) is -0.925. The van der Waals surface area contributed by atoms with Gasteiger partial charge < -0.3 is 0 Å². The second-order valence-corrected chi connectivity index (χ2v) is 4.69. The number of unbranched alkanes of at least 4 members (excludes halogenated alkanes) is 5. The van der Waals surface area contributed by atoms with Crippen LogP contribution in [0.5, 0.6) is 0 Å². The molecule has 83 valence electrons. The lowest BCUT2D eigenvalue weighted by atomic mass is 9.87. The summed E-state index contributed by atoms with van der Waals surface area (Å²) in [6.45, 7) is 5.68. The van der Waals surface area contributed by atoms with E-state index >= 15 is 0 Å². The second-order valence-electron chi connectivity index (χ2n) is 4.69. The van der Waals surface area contributed by atoms with E-state index in [0.717, 1.165) is 19.3 Å². The molecule has 0 saturated heterocycles. The number of carbonyl (C=O) groups excluding carboxylic acids is 1. The fourth-order valence-corrected chi connectivity index (χ4v) is 1.45. The Labute approximate surface area is 87.7 Å². The third kappa shape index (κ3) is 6.01. The summed E-state index contributed by atoms with van der Waals surface area (Å²) in [4.78, 5) is 10.7. The maximum Gasteiger partial charge on any atom is 0.361 e. The summed E-state index contributed by atoms with van der Waals surface area (Å²) in [6.07, 6.45) is 7.95. The molecule has 14 heavy (non-hydrogen) atoms. The summed E-state index contributed by atoms with van der Waals surface area (Å²) in [6, 6.07) is 0. The summed E-state index contributed by atoms with van der Waals surface area (Å²) >= 11 is 0. The minimum Gasteiger partial charge on any atom is -0.247 e. The van der Waals surface area contributed by atoms with Gasteiger partial charge in [0.15, 0.2) is 0 Å². The number of hydrogen-bond acceptors (Lipinski definition) is 1. The van der Waals surface area contributed by atoms with Gasteiger partial charge in [-0.3, -0.25) is 0 Å². The predicted octanol–water partition coefficient (Wildman–Crippen LogP) is 3.72. The van der Waals surface area contributed by atoms with Crippen LogP contribution >= 0.6 is 0 Å². The third-order valence-electron chi connectivity index (χ3n) is 2.71. The lowest BCUT2D eigenvalue weighted by Crippen LogP contribution is -2.22. The Morgan fingerprint density at radius 1 is 1.00 bits per heavy atom. The van der Waals surface area contributed by atoms with Crippen molar-refractivity contribution in [1.82, 2.24) is 0 Å². The van der Waals surface area contributed by atoms with Gasteiger partial charge in [-0.25, -0.2) is 9.90 Å². The highest BCUT2D eigenvalue weighted by Crippen LogP contribution is 2.24. The molecule has 0 fully saturated rings. The van der Waals surface area contributed by atoms with Crippen LogP contribution in [-0.2, 0) is 9.90 Å². The van der Waals surface area contributed by atoms with Gasteiger partial charge in [0.05, 0.1) is 5.41 Å². The van der Waals surface area contributed by atoms with Gasteiger partial charge in [0.25, 0.3) is 0 Å². The van der Waals surface area contributed by atoms with Crippen molar-refractivity contribution >= 4 is 5.97 Å². The van der Waals surface area contributed by atoms with Crippen LogP contribution in [0.1, 0.15) is 65.7 Å². The molecule has 0 rings (SSSR count). The Hall–Kier alpha value is -0.530. The van der Waals surface area contributed by atoms with E-state index in [2.05, 4.69) is 6.92 Å². The monoisotopic (exact) mass is 199 g/mol. The van der Waals surface area contributed by atoms with Crippen molar-refractivity contribution in [2.45, 2.75) is 65.7 Å². The van der Waals surface area contributed by atoms with Crippen LogP contribution in [0.15, 0.2) is 0 Å². The Morgan fingerprint density at radius 2 is 1.50 bits per heavy atom. The van der Waals surface area contributed by atoms with Gasteiger partial charge in [-0.1, -0.05) is 45.4 Å². The van der Waals surface area contributed by atoms with E-state index in [1.54, 1.807) is 13.8 Å². The molecular formula is C12H23O2. The molecule has 0 atom stereocenters. The molecule has 0 aromatic rings. The van der Waals surface area contributed by atoms with E-state index in [1.807, 2.05) is 0 Å². The zero-order valence-electron chi connectivity index (χ0n) is 9.77. The van der Waals surface area contributed by atoms with Crippen molar-refractivity contribution < 1.29 is 9.90 Å². The van der Waals surface area contributed by atoms with Crippen LogP contribution in [0.2, 0.25) is 0 Å². The minimum atomic E-state index is -0.925. The molecule has 0 saturated carbocycles. The fourth-order valence-electron chi connectivity index (χ4n) is 1.45. The molecule has 0 aromatic heterocycles. The first-order valence-corrected chi connectivity index (χ1v) is 5.72. The van der Waals surface area contributed by atoms with Gasteiger partial charge in [0.1, 0.15) is 0 Å². The highest BCUT2D eigenvalue weighted by atomic mass is 16.4. The maximum atomic E-state index is 10.7. The van der Waals surface area contributed by atoms with Crippen LogP contribution in [-0.4, -0.2) is 5.97 Å². The van der Waals surface area contributed by atoms with Gasteiger partial charge in [-0.05, 0) is 20.3 Å². The first-order chi connectivity index (χ1) is 6.50. The molecular weight excluding hydrogens is 176 g/mol. The Kier molecular flexibility index (Phi) is 6.60. The van der Waals surface area contributed by atoms with Crippen molar-refractivity contribution in [1.29, 1.82) is 0 Å². The molecule has 0 amide bonds. The van der Waals surface area contributed by atoms with Gasteiger partial charge in [0.2, 0.25) is 0 Å². The molecule has 0 aliphatic heterocycles. The van der Waals surface area contributed by atoms with Gasteiger partial charge in [0, 0.05) is 0 Å². The Bertz CT molecular complexity index is 162. The normalized spacial score (nSPS) is 11.6. The fraction of sp³-hybridized carbons (Fsp3) is 0.917. The average Bonchev–Trinajstić information content (AvgIpc) is 2.10. The highest BCUT2D eigenvalue weighted by molar-refractivity contribution is 5.73. The molecule has 0 N–H and O–H groups in total. The van der Waals surface area contributed by atoms with E-state index in [0.29, 0.717) is 0 Å². The van der Waals surface area contributed by atoms with Crippen molar-refractivity contribution in [3.63, 3.8) is 0 Å². The molecule has 0 heterocycles. The van der Waals surface area contributed by atoms with E-state index in [9.17, 15) is 9.90 Å². The Balaban J connectivity index is 3.40. The summed E-state index contributed by atoms with van der Waals surface area (Å²) in [7, 11) is 0. The van der Waals surface area contributed by atoms with Crippen LogP contribution in [0, 0.1) is 5.41 Å². The molecule has 0 unspecified atom stereocenters. The van der Waals surface area contributed by atoms with Crippen molar-refractivity contribution in [2.24, 2.45) is 5.41 Å². The third-order valence-corrected chi connectivity index (χ3v) is 2.71. The van der Waals surface area contributed by atoms with Crippen LogP contribution in [0.3, 0.4) is 0 Å². The number of rotatable bonds is 8. The van der Waals surface area contributed by atoms with Crippen molar-refractivity contribution in [3.05, 3.63) is 0 Å². The maximum absolute atomic E-state index is 10.7. The molecule has 0 bridgehead atoms. The number of carbonyl (C=O) groups is 1. The predicted molar refractivity (Wildman–Crippen MR) is 57.5 cm³/mol. The van der Waals surface area contributed by atoms with Gasteiger partial charge in [-0.15, -0.1) is 0 Å². The van der Waals surface area contributed by atoms with Crippen LogP contribution in [0.4, 0.5) is 0 Å². The molecule has 0 spiro atoms. The summed E-state index contributed by atoms with van der Waals surface area (Å²) in [5, 5.41) is 10.7. The quantitative estimate of drug-likeness (QED) is 0.549. The highest BCUT2D eigenvalue weighted by Gasteiger charge is 2.27. The molecule has 1 radical (unpaired) electrons. The lowest BCUT2D eigenvalue weighted by Gasteiger charge is -2.16. The molecule has 0 aliphatic carbocycles. The molecule has 2 heteroatoms. The van der Waals surface area contributed by atoms with Crippen molar-refractivity contribution in [2.75, 3.05) is 0 Å². The standard InChI is InChI=1S/C12H23O2/c1-4-5-6-7-8-9-10-12(2,3)11(13)14/h4-10H2,1-3H3. The summed E-state index contributed by atoms with van der Waals surface area (Å²) < 4.78 is 0. The van der Waals surface area contributed by atoms with Gasteiger partial charge in [-0.2, -0.15) is 0 Å². The molecule has 0 aromatic carbocycles. The largest absolute Gasteiger partial charge is 0.361 e. The van der Waals surface area contributed by atoms with Crippen LogP contribution < -0.4 is 0 Å². The lowest BCUT2D eigenvalue weighted by molar-refractivity contribution is -0.153. The second kappa shape index (κ2) is 6.86. The first-order valence-electron chi connectivity index (χ1n) is 5.72. The van der Waals surface area contributed by atoms with E-state index in [1.165, 1.54) is 25.7 Å². The smallest absolute Gasteiger partial charge is 0.247 e.